The molecule has 0 atom stereocenters. The number of nitrogens with one attached hydrogen (secondary N) is 2. The van der Waals surface area contributed by atoms with Crippen LogP contribution in [0.3, 0.4) is 0 Å². The van der Waals surface area contributed by atoms with Crippen LogP contribution >= 0.6 is 23.1 Å². The highest BCUT2D eigenvalue weighted by Crippen LogP contribution is 2.18. The first-order valence-electron chi connectivity index (χ1n) is 6.23. The molecule has 102 valence electrons. The van der Waals surface area contributed by atoms with Crippen LogP contribution in [0.5, 0.6) is 0 Å². The van der Waals surface area contributed by atoms with Gasteiger partial charge < -0.3 is 10.6 Å². The van der Waals surface area contributed by atoms with Gasteiger partial charge in [0.25, 0.3) is 0 Å². The van der Waals surface area contributed by atoms with Gasteiger partial charge in [0.1, 0.15) is 11.6 Å². The fourth-order valence-electron chi connectivity index (χ4n) is 1.54. The first-order valence-corrected chi connectivity index (χ1v) is 8.40. The third kappa shape index (κ3) is 4.40. The van der Waals surface area contributed by atoms with Crippen LogP contribution in [0.2, 0.25) is 0 Å². The molecule has 0 unspecified atom stereocenters. The maximum atomic E-state index is 4.46. The maximum absolute atomic E-state index is 4.46. The van der Waals surface area contributed by atoms with Gasteiger partial charge in [-0.25, -0.2) is 9.97 Å². The average Bonchev–Trinajstić information content (AvgIpc) is 2.96. The molecule has 19 heavy (non-hydrogen) atoms. The van der Waals surface area contributed by atoms with Crippen LogP contribution in [0.25, 0.3) is 0 Å². The van der Waals surface area contributed by atoms with Crippen molar-refractivity contribution < 1.29 is 0 Å². The Kier molecular flexibility index (Phi) is 5.47. The number of aromatic nitrogens is 2. The number of thioether (sulfide) groups is 1. The lowest BCUT2D eigenvalue weighted by Crippen LogP contribution is -2.06. The minimum atomic E-state index is 0.786. The topological polar surface area (TPSA) is 49.8 Å². The second-order valence-electron chi connectivity index (χ2n) is 4.04. The van der Waals surface area contributed by atoms with Gasteiger partial charge in [0.05, 0.1) is 0 Å². The van der Waals surface area contributed by atoms with E-state index >= 15 is 0 Å². The lowest BCUT2D eigenvalue weighted by atomic mass is 10.3. The number of anilines is 2. The highest BCUT2D eigenvalue weighted by atomic mass is 32.2. The fraction of sp³-hybridized carbons (Fsp3) is 0.385. The van der Waals surface area contributed by atoms with E-state index in [1.54, 1.807) is 23.1 Å². The van der Waals surface area contributed by atoms with Crippen molar-refractivity contribution in [1.29, 1.82) is 0 Å². The molecule has 0 aliphatic rings. The van der Waals surface area contributed by atoms with E-state index in [1.165, 1.54) is 5.56 Å². The standard InChI is InChI=1S/C13H18N4S2/c1-3-5-14-11-7-12(17-13(16-11)18-2)15-8-10-4-6-19-9-10/h4,6-7,9H,3,5,8H2,1-2H3,(H2,14,15,16,17). The summed E-state index contributed by atoms with van der Waals surface area (Å²) in [6.45, 7) is 3.86. The van der Waals surface area contributed by atoms with Crippen molar-refractivity contribution in [3.63, 3.8) is 0 Å². The zero-order valence-corrected chi connectivity index (χ0v) is 12.8. The van der Waals surface area contributed by atoms with Crippen molar-refractivity contribution in [2.45, 2.75) is 25.0 Å². The Morgan fingerprint density at radius 2 is 2.05 bits per heavy atom. The van der Waals surface area contributed by atoms with Crippen LogP contribution in [-0.4, -0.2) is 22.8 Å². The average molecular weight is 294 g/mol. The molecule has 2 aromatic heterocycles. The normalized spacial score (nSPS) is 10.4. The lowest BCUT2D eigenvalue weighted by Gasteiger charge is -2.09. The summed E-state index contributed by atoms with van der Waals surface area (Å²) in [6.07, 6.45) is 3.07. The summed E-state index contributed by atoms with van der Waals surface area (Å²) in [5, 5.41) is 11.6. The summed E-state index contributed by atoms with van der Waals surface area (Å²) in [4.78, 5) is 8.90. The van der Waals surface area contributed by atoms with Crippen molar-refractivity contribution >= 4 is 34.7 Å². The summed E-state index contributed by atoms with van der Waals surface area (Å²) in [6, 6.07) is 4.08. The molecule has 4 nitrogen and oxygen atoms in total. The molecule has 0 spiro atoms. The van der Waals surface area contributed by atoms with E-state index in [2.05, 4.69) is 44.4 Å². The number of thiophene rings is 1. The maximum Gasteiger partial charge on any atom is 0.191 e. The van der Waals surface area contributed by atoms with Gasteiger partial charge in [-0.05, 0) is 35.1 Å². The second-order valence-corrected chi connectivity index (χ2v) is 5.59. The molecule has 2 N–H and O–H groups in total. The zero-order valence-electron chi connectivity index (χ0n) is 11.1. The molecule has 2 rings (SSSR count). The third-order valence-electron chi connectivity index (χ3n) is 2.50. The Morgan fingerprint density at radius 3 is 2.68 bits per heavy atom. The van der Waals surface area contributed by atoms with Crippen LogP contribution in [0, 0.1) is 0 Å². The number of rotatable bonds is 7. The van der Waals surface area contributed by atoms with Crippen molar-refractivity contribution in [3.8, 4) is 0 Å². The summed E-state index contributed by atoms with van der Waals surface area (Å²) < 4.78 is 0. The molecule has 0 aliphatic carbocycles. The molecule has 0 aliphatic heterocycles. The van der Waals surface area contributed by atoms with E-state index in [0.717, 1.165) is 36.3 Å². The molecule has 0 radical (unpaired) electrons. The van der Waals surface area contributed by atoms with Gasteiger partial charge in [0.2, 0.25) is 0 Å². The number of nitrogens with zero attached hydrogens (tertiary/aromatic N) is 2. The Labute approximate surface area is 122 Å². The van der Waals surface area contributed by atoms with E-state index in [9.17, 15) is 0 Å². The van der Waals surface area contributed by atoms with E-state index < -0.39 is 0 Å². The van der Waals surface area contributed by atoms with Crippen molar-refractivity contribution in [3.05, 3.63) is 28.5 Å². The molecule has 2 heterocycles. The van der Waals surface area contributed by atoms with Crippen LogP contribution in [0.1, 0.15) is 18.9 Å². The number of hydrogen-bond acceptors (Lipinski definition) is 6. The van der Waals surface area contributed by atoms with Gasteiger partial charge in [-0.2, -0.15) is 11.3 Å². The van der Waals surface area contributed by atoms with Gasteiger partial charge in [0, 0.05) is 19.2 Å². The highest BCUT2D eigenvalue weighted by Gasteiger charge is 2.03. The van der Waals surface area contributed by atoms with Crippen LogP contribution < -0.4 is 10.6 Å². The van der Waals surface area contributed by atoms with Crippen molar-refractivity contribution in [1.82, 2.24) is 9.97 Å². The lowest BCUT2D eigenvalue weighted by molar-refractivity contribution is 0.922. The molecule has 0 fully saturated rings. The smallest absolute Gasteiger partial charge is 0.191 e. The highest BCUT2D eigenvalue weighted by molar-refractivity contribution is 7.98. The number of hydrogen-bond donors (Lipinski definition) is 2. The van der Waals surface area contributed by atoms with Crippen LogP contribution in [0.15, 0.2) is 28.0 Å². The summed E-state index contributed by atoms with van der Waals surface area (Å²) in [5.41, 5.74) is 1.28. The summed E-state index contributed by atoms with van der Waals surface area (Å²) >= 11 is 3.26. The SMILES string of the molecule is CCCNc1cc(NCc2ccsc2)nc(SC)n1. The molecular formula is C13H18N4S2. The van der Waals surface area contributed by atoms with Crippen LogP contribution in [-0.2, 0) is 6.54 Å². The molecule has 0 saturated carbocycles. The first-order chi connectivity index (χ1) is 9.31. The molecule has 0 aromatic carbocycles. The zero-order chi connectivity index (χ0) is 13.5. The quantitative estimate of drug-likeness (QED) is 0.602. The minimum Gasteiger partial charge on any atom is -0.370 e. The van der Waals surface area contributed by atoms with E-state index in [1.807, 2.05) is 12.3 Å². The largest absolute Gasteiger partial charge is 0.370 e. The minimum absolute atomic E-state index is 0.786. The second kappa shape index (κ2) is 7.35. The van der Waals surface area contributed by atoms with Gasteiger partial charge >= 0.3 is 0 Å². The van der Waals surface area contributed by atoms with Gasteiger partial charge in [-0.15, -0.1) is 0 Å². The fourth-order valence-corrected chi connectivity index (χ4v) is 2.58. The predicted octanol–water partition coefficient (Wildman–Crippen LogP) is 3.69. The van der Waals surface area contributed by atoms with E-state index in [4.69, 9.17) is 0 Å². The predicted molar refractivity (Wildman–Crippen MR) is 84.2 cm³/mol. The van der Waals surface area contributed by atoms with E-state index in [-0.39, 0.29) is 0 Å². The Morgan fingerprint density at radius 1 is 1.26 bits per heavy atom. The Balaban J connectivity index is 2.05. The monoisotopic (exact) mass is 294 g/mol. The van der Waals surface area contributed by atoms with Gasteiger partial charge in [-0.1, -0.05) is 18.7 Å². The Bertz CT molecular complexity index is 499. The first kappa shape index (κ1) is 14.1. The molecule has 2 aromatic rings. The molecular weight excluding hydrogens is 276 g/mol. The molecule has 0 bridgehead atoms. The Hall–Kier alpha value is -1.27. The van der Waals surface area contributed by atoms with Crippen molar-refractivity contribution in [2.75, 3.05) is 23.4 Å². The molecule has 0 saturated heterocycles. The van der Waals surface area contributed by atoms with Crippen LogP contribution in [0.4, 0.5) is 11.6 Å². The molecule has 6 heteroatoms. The van der Waals surface area contributed by atoms with Gasteiger partial charge in [-0.3, -0.25) is 0 Å². The third-order valence-corrected chi connectivity index (χ3v) is 3.78. The van der Waals surface area contributed by atoms with Crippen molar-refractivity contribution in [2.24, 2.45) is 0 Å². The molecule has 0 amide bonds. The summed E-state index contributed by atoms with van der Waals surface area (Å²) in [5.74, 6) is 1.75. The van der Waals surface area contributed by atoms with Gasteiger partial charge in [0.15, 0.2) is 5.16 Å². The summed E-state index contributed by atoms with van der Waals surface area (Å²) in [7, 11) is 0. The van der Waals surface area contributed by atoms with E-state index in [0.29, 0.717) is 0 Å².